The van der Waals surface area contributed by atoms with Crippen LogP contribution in [0, 0.1) is 6.92 Å². The molecule has 0 aliphatic carbocycles. The first-order valence-electron chi connectivity index (χ1n) is 7.83. The van der Waals surface area contributed by atoms with Gasteiger partial charge in [0.2, 0.25) is 0 Å². The molecule has 6 nitrogen and oxygen atoms in total. The topological polar surface area (TPSA) is 70.4 Å². The number of aliphatic hydroxyl groups is 1. The zero-order valence-electron chi connectivity index (χ0n) is 13.9. The molecule has 0 radical (unpaired) electrons. The molecule has 1 aromatic carbocycles. The molecule has 1 aromatic heterocycles. The van der Waals surface area contributed by atoms with E-state index in [4.69, 9.17) is 5.11 Å². The smallest absolute Gasteiger partial charge is 0.317 e. The molecule has 0 bridgehead atoms. The van der Waals surface area contributed by atoms with Gasteiger partial charge in [0.1, 0.15) is 5.82 Å². The monoisotopic (exact) mass is 316 g/mol. The van der Waals surface area contributed by atoms with Crippen LogP contribution in [-0.2, 0) is 0 Å². The maximum atomic E-state index is 12.1. The van der Waals surface area contributed by atoms with Gasteiger partial charge in [0, 0.05) is 31.2 Å². The van der Waals surface area contributed by atoms with Crippen LogP contribution in [0.25, 0.3) is 5.69 Å². The van der Waals surface area contributed by atoms with Crippen LogP contribution in [0.4, 0.5) is 4.79 Å². The highest BCUT2D eigenvalue weighted by molar-refractivity contribution is 5.74. The Morgan fingerprint density at radius 3 is 2.61 bits per heavy atom. The first-order chi connectivity index (χ1) is 11.1. The van der Waals surface area contributed by atoms with Gasteiger partial charge in [-0.3, -0.25) is 0 Å². The van der Waals surface area contributed by atoms with E-state index in [2.05, 4.69) is 10.3 Å². The molecule has 0 saturated carbocycles. The lowest BCUT2D eigenvalue weighted by atomic mass is 10.1. The molecular weight excluding hydrogens is 292 g/mol. The zero-order chi connectivity index (χ0) is 16.8. The van der Waals surface area contributed by atoms with Gasteiger partial charge in [-0.1, -0.05) is 12.1 Å². The van der Waals surface area contributed by atoms with E-state index >= 15 is 0 Å². The molecule has 2 aromatic rings. The van der Waals surface area contributed by atoms with Crippen LogP contribution in [0.2, 0.25) is 0 Å². The Balaban J connectivity index is 2.04. The lowest BCUT2D eigenvalue weighted by Gasteiger charge is -2.23. The Morgan fingerprint density at radius 2 is 2.09 bits per heavy atom. The van der Waals surface area contributed by atoms with Crippen molar-refractivity contribution in [3.63, 3.8) is 0 Å². The van der Waals surface area contributed by atoms with Crippen LogP contribution in [0.3, 0.4) is 0 Å². The average Bonchev–Trinajstić information content (AvgIpc) is 2.98. The molecule has 0 spiro atoms. The second-order valence-electron chi connectivity index (χ2n) is 5.41. The number of amides is 2. The van der Waals surface area contributed by atoms with Gasteiger partial charge in [0.15, 0.2) is 0 Å². The number of likely N-dealkylation sites (N-methyl/N-ethyl adjacent to an activating group) is 1. The van der Waals surface area contributed by atoms with E-state index < -0.39 is 0 Å². The fourth-order valence-corrected chi connectivity index (χ4v) is 2.46. The molecule has 2 amide bonds. The number of hydrogen-bond donors (Lipinski definition) is 2. The Labute approximate surface area is 136 Å². The molecule has 0 aliphatic rings. The van der Waals surface area contributed by atoms with Crippen molar-refractivity contribution in [1.29, 1.82) is 0 Å². The number of carbonyl (C=O) groups is 1. The van der Waals surface area contributed by atoms with Gasteiger partial charge >= 0.3 is 6.03 Å². The number of rotatable bonds is 6. The quantitative estimate of drug-likeness (QED) is 0.859. The second kappa shape index (κ2) is 7.78. The summed E-state index contributed by atoms with van der Waals surface area (Å²) in [5.74, 6) is 0.932. The van der Waals surface area contributed by atoms with Crippen molar-refractivity contribution in [1.82, 2.24) is 19.8 Å². The normalized spacial score (nSPS) is 12.0. The number of urea groups is 1. The molecular formula is C17H24N4O2. The summed E-state index contributed by atoms with van der Waals surface area (Å²) in [6.07, 6.45) is 3.69. The Bertz CT molecular complexity index is 636. The van der Waals surface area contributed by atoms with E-state index in [-0.39, 0.29) is 18.7 Å². The standard InChI is InChI=1S/C17H24N4O2/c1-4-20(11-12-22)17(23)19-13(2)15-5-7-16(8-6-15)21-10-9-18-14(21)3/h5-10,13,22H,4,11-12H2,1-3H3,(H,19,23)/t13-/m0/s1. The Morgan fingerprint density at radius 1 is 1.39 bits per heavy atom. The minimum Gasteiger partial charge on any atom is -0.395 e. The Kier molecular flexibility index (Phi) is 5.76. The molecule has 2 N–H and O–H groups in total. The summed E-state index contributed by atoms with van der Waals surface area (Å²) < 4.78 is 2.01. The number of hydrogen-bond acceptors (Lipinski definition) is 3. The van der Waals surface area contributed by atoms with Crippen molar-refractivity contribution in [2.45, 2.75) is 26.8 Å². The van der Waals surface area contributed by atoms with Crippen molar-refractivity contribution in [2.24, 2.45) is 0 Å². The summed E-state index contributed by atoms with van der Waals surface area (Å²) in [6, 6.07) is 7.76. The number of aromatic nitrogens is 2. The molecule has 1 heterocycles. The van der Waals surface area contributed by atoms with E-state index in [1.165, 1.54) is 0 Å². The number of aliphatic hydroxyl groups excluding tert-OH is 1. The third-order valence-corrected chi connectivity index (χ3v) is 3.88. The predicted octanol–water partition coefficient (Wildman–Crippen LogP) is 2.27. The SMILES string of the molecule is CCN(CCO)C(=O)N[C@@H](C)c1ccc(-n2ccnc2C)cc1. The minimum absolute atomic E-state index is 0.0331. The summed E-state index contributed by atoms with van der Waals surface area (Å²) in [5, 5.41) is 11.9. The lowest BCUT2D eigenvalue weighted by molar-refractivity contribution is 0.178. The van der Waals surface area contributed by atoms with Crippen LogP contribution in [0.15, 0.2) is 36.7 Å². The van der Waals surface area contributed by atoms with Crippen molar-refractivity contribution in [3.05, 3.63) is 48.0 Å². The van der Waals surface area contributed by atoms with E-state index in [1.807, 2.05) is 55.8 Å². The molecule has 0 aliphatic heterocycles. The largest absolute Gasteiger partial charge is 0.395 e. The highest BCUT2D eigenvalue weighted by Gasteiger charge is 2.14. The van der Waals surface area contributed by atoms with E-state index in [0.717, 1.165) is 17.1 Å². The fourth-order valence-electron chi connectivity index (χ4n) is 2.46. The molecule has 23 heavy (non-hydrogen) atoms. The highest BCUT2D eigenvalue weighted by Crippen LogP contribution is 2.17. The minimum atomic E-state index is -0.163. The van der Waals surface area contributed by atoms with Crippen molar-refractivity contribution in [2.75, 3.05) is 19.7 Å². The second-order valence-corrected chi connectivity index (χ2v) is 5.41. The third kappa shape index (κ3) is 4.10. The van der Waals surface area contributed by atoms with E-state index in [1.54, 1.807) is 11.1 Å². The van der Waals surface area contributed by atoms with Crippen molar-refractivity contribution < 1.29 is 9.90 Å². The van der Waals surface area contributed by atoms with Crippen molar-refractivity contribution in [3.8, 4) is 5.69 Å². The van der Waals surface area contributed by atoms with Gasteiger partial charge in [-0.15, -0.1) is 0 Å². The molecule has 2 rings (SSSR count). The molecule has 124 valence electrons. The average molecular weight is 316 g/mol. The lowest BCUT2D eigenvalue weighted by Crippen LogP contribution is -2.42. The number of aryl methyl sites for hydroxylation is 1. The summed E-state index contributed by atoms with van der Waals surface area (Å²) in [5.41, 5.74) is 2.07. The van der Waals surface area contributed by atoms with Crippen LogP contribution in [0.5, 0.6) is 0 Å². The number of imidazole rings is 1. The molecule has 0 fully saturated rings. The zero-order valence-corrected chi connectivity index (χ0v) is 13.9. The van der Waals surface area contributed by atoms with E-state index in [9.17, 15) is 4.79 Å². The van der Waals surface area contributed by atoms with Gasteiger partial charge in [0.25, 0.3) is 0 Å². The summed E-state index contributed by atoms with van der Waals surface area (Å²) >= 11 is 0. The van der Waals surface area contributed by atoms with Gasteiger partial charge in [-0.05, 0) is 38.5 Å². The summed E-state index contributed by atoms with van der Waals surface area (Å²) in [4.78, 5) is 17.9. The van der Waals surface area contributed by atoms with E-state index in [0.29, 0.717) is 13.1 Å². The van der Waals surface area contributed by atoms with Crippen LogP contribution in [0.1, 0.15) is 31.3 Å². The summed E-state index contributed by atoms with van der Waals surface area (Å²) in [7, 11) is 0. The van der Waals surface area contributed by atoms with Gasteiger partial charge in [0.05, 0.1) is 12.6 Å². The maximum Gasteiger partial charge on any atom is 0.317 e. The van der Waals surface area contributed by atoms with Crippen LogP contribution < -0.4 is 5.32 Å². The van der Waals surface area contributed by atoms with Gasteiger partial charge in [-0.25, -0.2) is 9.78 Å². The molecule has 1 atom stereocenters. The molecule has 6 heteroatoms. The van der Waals surface area contributed by atoms with Crippen LogP contribution in [-0.4, -0.2) is 45.3 Å². The number of benzene rings is 1. The van der Waals surface area contributed by atoms with Crippen LogP contribution >= 0.6 is 0 Å². The van der Waals surface area contributed by atoms with Gasteiger partial charge < -0.3 is 19.9 Å². The first kappa shape index (κ1) is 17.0. The highest BCUT2D eigenvalue weighted by atomic mass is 16.3. The number of nitrogens with zero attached hydrogens (tertiary/aromatic N) is 3. The van der Waals surface area contributed by atoms with Crippen molar-refractivity contribution >= 4 is 6.03 Å². The maximum absolute atomic E-state index is 12.1. The third-order valence-electron chi connectivity index (χ3n) is 3.88. The summed E-state index contributed by atoms with van der Waals surface area (Å²) in [6.45, 7) is 6.67. The number of carbonyl (C=O) groups excluding carboxylic acids is 1. The first-order valence-corrected chi connectivity index (χ1v) is 7.83. The molecule has 0 unspecified atom stereocenters. The fraction of sp³-hybridized carbons (Fsp3) is 0.412. The van der Waals surface area contributed by atoms with Gasteiger partial charge in [-0.2, -0.15) is 0 Å². The number of nitrogens with one attached hydrogen (secondary N) is 1. The predicted molar refractivity (Wildman–Crippen MR) is 89.6 cm³/mol. The molecule has 0 saturated heterocycles. The Hall–Kier alpha value is -2.34.